The molecule has 15 heavy (non-hydrogen) atoms. The van der Waals surface area contributed by atoms with Crippen LogP contribution in [0.4, 0.5) is 0 Å². The maximum absolute atomic E-state index is 6.11. The Morgan fingerprint density at radius 1 is 1.53 bits per heavy atom. The van der Waals surface area contributed by atoms with Crippen molar-refractivity contribution < 1.29 is 0 Å². The van der Waals surface area contributed by atoms with E-state index < -0.39 is 0 Å². The lowest BCUT2D eigenvalue weighted by Gasteiger charge is -2.17. The third-order valence-electron chi connectivity index (χ3n) is 3.66. The maximum Gasteiger partial charge on any atom is 0.0405 e. The molecule has 0 aromatic carbocycles. The number of rotatable bonds is 0. The Balaban J connectivity index is 2.25. The summed E-state index contributed by atoms with van der Waals surface area (Å²) in [4.78, 5) is 0. The molecule has 2 unspecified atom stereocenters. The molecule has 2 aliphatic carbocycles. The van der Waals surface area contributed by atoms with E-state index in [-0.39, 0.29) is 5.41 Å². The van der Waals surface area contributed by atoms with Gasteiger partial charge in [-0.05, 0) is 44.8 Å². The maximum atomic E-state index is 6.11. The van der Waals surface area contributed by atoms with Gasteiger partial charge in [0.05, 0.1) is 0 Å². The molecular weight excluding hydrogens is 206 g/mol. The first-order valence-corrected chi connectivity index (χ1v) is 6.00. The van der Waals surface area contributed by atoms with Crippen LogP contribution in [0.25, 0.3) is 0 Å². The average molecular weight is 224 g/mol. The summed E-state index contributed by atoms with van der Waals surface area (Å²) in [5, 5.41) is 0.809. The topological polar surface area (TPSA) is 26.0 Å². The van der Waals surface area contributed by atoms with Crippen molar-refractivity contribution in [3.8, 4) is 0 Å². The highest BCUT2D eigenvalue weighted by molar-refractivity contribution is 6.31. The first kappa shape index (κ1) is 11.0. The fourth-order valence-electron chi connectivity index (χ4n) is 2.46. The molecule has 1 saturated carbocycles. The SMILES string of the molecule is C\C1=C/C(Cl)=C\C=C\CCCC12CC2N. The summed E-state index contributed by atoms with van der Waals surface area (Å²) < 4.78 is 0. The molecule has 2 rings (SSSR count). The average Bonchev–Trinajstić information content (AvgIpc) is 2.83. The molecule has 0 aromatic heterocycles. The van der Waals surface area contributed by atoms with Crippen LogP contribution in [0.15, 0.2) is 34.9 Å². The number of hydrogen-bond acceptors (Lipinski definition) is 1. The van der Waals surface area contributed by atoms with E-state index in [1.165, 1.54) is 18.4 Å². The van der Waals surface area contributed by atoms with Crippen molar-refractivity contribution >= 4 is 11.6 Å². The lowest BCUT2D eigenvalue weighted by Crippen LogP contribution is -2.15. The van der Waals surface area contributed by atoms with Crippen molar-refractivity contribution in [1.82, 2.24) is 0 Å². The highest BCUT2D eigenvalue weighted by Crippen LogP contribution is 2.54. The minimum Gasteiger partial charge on any atom is -0.327 e. The molecule has 0 heterocycles. The van der Waals surface area contributed by atoms with Gasteiger partial charge in [-0.1, -0.05) is 29.3 Å². The Kier molecular flexibility index (Phi) is 3.03. The fourth-order valence-corrected chi connectivity index (χ4v) is 2.70. The third-order valence-corrected chi connectivity index (χ3v) is 3.89. The van der Waals surface area contributed by atoms with Crippen LogP contribution in [0.5, 0.6) is 0 Å². The van der Waals surface area contributed by atoms with Gasteiger partial charge in [0.25, 0.3) is 0 Å². The summed E-state index contributed by atoms with van der Waals surface area (Å²) in [5.41, 5.74) is 7.67. The summed E-state index contributed by atoms with van der Waals surface area (Å²) in [5.74, 6) is 0. The van der Waals surface area contributed by atoms with Gasteiger partial charge in [-0.15, -0.1) is 0 Å². The van der Waals surface area contributed by atoms with Crippen molar-refractivity contribution in [2.24, 2.45) is 11.1 Å². The standard InChI is InChI=1S/C13H18ClN/c1-10-8-11(14)6-4-2-3-5-7-13(10)9-12(13)15/h2,4,6,8,12H,3,5,7,9,15H2,1H3/b4-2+,10-8+,11-6+. The van der Waals surface area contributed by atoms with Gasteiger partial charge in [-0.3, -0.25) is 0 Å². The summed E-state index contributed by atoms with van der Waals surface area (Å²) in [6.45, 7) is 2.16. The molecule has 2 N–H and O–H groups in total. The Morgan fingerprint density at radius 3 is 2.93 bits per heavy atom. The predicted octanol–water partition coefficient (Wildman–Crippen LogP) is 3.51. The summed E-state index contributed by atoms with van der Waals surface area (Å²) in [6, 6.07) is 0.349. The van der Waals surface area contributed by atoms with Gasteiger partial charge in [0, 0.05) is 16.5 Å². The Labute approximate surface area is 96.7 Å². The third kappa shape index (κ3) is 2.19. The summed E-state index contributed by atoms with van der Waals surface area (Å²) in [6.07, 6.45) is 12.9. The van der Waals surface area contributed by atoms with E-state index in [1.54, 1.807) is 0 Å². The summed E-state index contributed by atoms with van der Waals surface area (Å²) in [7, 11) is 0. The molecule has 0 amide bonds. The first-order valence-electron chi connectivity index (χ1n) is 5.62. The van der Waals surface area contributed by atoms with Crippen LogP contribution in [0.3, 0.4) is 0 Å². The van der Waals surface area contributed by atoms with Crippen LogP contribution >= 0.6 is 11.6 Å². The molecule has 82 valence electrons. The number of halogens is 1. The molecule has 1 spiro atoms. The van der Waals surface area contributed by atoms with Crippen LogP contribution in [-0.4, -0.2) is 6.04 Å². The molecule has 0 aromatic rings. The molecule has 1 nitrogen and oxygen atoms in total. The molecule has 2 atom stereocenters. The van der Waals surface area contributed by atoms with E-state index in [4.69, 9.17) is 17.3 Å². The van der Waals surface area contributed by atoms with Crippen LogP contribution in [0, 0.1) is 5.41 Å². The summed E-state index contributed by atoms with van der Waals surface area (Å²) >= 11 is 6.11. The van der Waals surface area contributed by atoms with E-state index in [9.17, 15) is 0 Å². The molecule has 2 aliphatic rings. The van der Waals surface area contributed by atoms with Gasteiger partial charge in [0.2, 0.25) is 0 Å². The van der Waals surface area contributed by atoms with Crippen molar-refractivity contribution in [3.63, 3.8) is 0 Å². The highest BCUT2D eigenvalue weighted by Gasteiger charge is 2.52. The Morgan fingerprint density at radius 2 is 2.27 bits per heavy atom. The molecule has 0 bridgehead atoms. The number of nitrogens with two attached hydrogens (primary N) is 1. The van der Waals surface area contributed by atoms with Crippen molar-refractivity contribution in [1.29, 1.82) is 0 Å². The van der Waals surface area contributed by atoms with Gasteiger partial charge >= 0.3 is 0 Å². The van der Waals surface area contributed by atoms with Gasteiger partial charge < -0.3 is 5.73 Å². The monoisotopic (exact) mass is 223 g/mol. The predicted molar refractivity (Wildman–Crippen MR) is 65.7 cm³/mol. The highest BCUT2D eigenvalue weighted by atomic mass is 35.5. The van der Waals surface area contributed by atoms with E-state index in [0.29, 0.717) is 6.04 Å². The van der Waals surface area contributed by atoms with Crippen LogP contribution in [-0.2, 0) is 0 Å². The smallest absolute Gasteiger partial charge is 0.0405 e. The molecule has 0 aliphatic heterocycles. The lowest BCUT2D eigenvalue weighted by atomic mass is 9.89. The molecule has 0 radical (unpaired) electrons. The molecular formula is C13H18ClN. The largest absolute Gasteiger partial charge is 0.327 e. The van der Waals surface area contributed by atoms with Crippen LogP contribution in [0.2, 0.25) is 0 Å². The zero-order valence-corrected chi connectivity index (χ0v) is 9.93. The Bertz CT molecular complexity index is 340. The zero-order valence-electron chi connectivity index (χ0n) is 9.17. The molecule has 2 heteroatoms. The number of allylic oxidation sites excluding steroid dienone is 5. The number of hydrogen-bond donors (Lipinski definition) is 1. The van der Waals surface area contributed by atoms with Crippen LogP contribution < -0.4 is 5.73 Å². The van der Waals surface area contributed by atoms with E-state index >= 15 is 0 Å². The van der Waals surface area contributed by atoms with E-state index in [0.717, 1.165) is 17.9 Å². The van der Waals surface area contributed by atoms with Gasteiger partial charge in [0.1, 0.15) is 0 Å². The Hall–Kier alpha value is -0.530. The zero-order chi connectivity index (χ0) is 10.9. The second-order valence-corrected chi connectivity index (χ2v) is 5.10. The van der Waals surface area contributed by atoms with Crippen molar-refractivity contribution in [3.05, 3.63) is 34.9 Å². The van der Waals surface area contributed by atoms with E-state index in [1.807, 2.05) is 12.2 Å². The van der Waals surface area contributed by atoms with Crippen molar-refractivity contribution in [2.75, 3.05) is 0 Å². The minimum absolute atomic E-state index is 0.263. The quantitative estimate of drug-likeness (QED) is 0.668. The minimum atomic E-state index is 0.263. The fraction of sp³-hybridized carbons (Fsp3) is 0.538. The second kappa shape index (κ2) is 4.15. The lowest BCUT2D eigenvalue weighted by molar-refractivity contribution is 0.505. The first-order chi connectivity index (χ1) is 7.15. The normalized spacial score (nSPS) is 45.1. The van der Waals surface area contributed by atoms with Crippen molar-refractivity contribution in [2.45, 2.75) is 38.6 Å². The van der Waals surface area contributed by atoms with E-state index in [2.05, 4.69) is 19.1 Å². The van der Waals surface area contributed by atoms with Gasteiger partial charge in [-0.2, -0.15) is 0 Å². The van der Waals surface area contributed by atoms with Crippen LogP contribution in [0.1, 0.15) is 32.6 Å². The molecule has 1 fully saturated rings. The van der Waals surface area contributed by atoms with Gasteiger partial charge in [-0.25, -0.2) is 0 Å². The second-order valence-electron chi connectivity index (χ2n) is 4.67. The molecule has 0 saturated heterocycles. The van der Waals surface area contributed by atoms with Gasteiger partial charge in [0.15, 0.2) is 0 Å².